The third-order valence-corrected chi connectivity index (χ3v) is 20.6. The number of fused-ring (bicyclic) bond motifs is 5. The second-order valence-corrected chi connectivity index (χ2v) is 25.2. The van der Waals surface area contributed by atoms with Crippen molar-refractivity contribution in [1.82, 2.24) is 0 Å². The van der Waals surface area contributed by atoms with Crippen LogP contribution >= 0.6 is 0 Å². The van der Waals surface area contributed by atoms with Crippen LogP contribution in [0.2, 0.25) is 0 Å². The Labute approximate surface area is 439 Å². The highest BCUT2D eigenvalue weighted by atomic mass is 16.8. The fourth-order valence-corrected chi connectivity index (χ4v) is 16.0. The van der Waals surface area contributed by atoms with Gasteiger partial charge >= 0.3 is 0 Å². The molecule has 14 N–H and O–H groups in total. The van der Waals surface area contributed by atoms with Crippen LogP contribution in [0.25, 0.3) is 0 Å². The lowest BCUT2D eigenvalue weighted by atomic mass is 9.37. The summed E-state index contributed by atoms with van der Waals surface area (Å²) < 4.78 is 48.8. The summed E-state index contributed by atoms with van der Waals surface area (Å²) in [5.74, 6) is 0.0494. The first-order chi connectivity index (χ1) is 35.1. The summed E-state index contributed by atoms with van der Waals surface area (Å²) in [6.07, 6.45) is -22.6. The molecule has 0 amide bonds. The first-order valence-corrected chi connectivity index (χ1v) is 27.3. The van der Waals surface area contributed by atoms with Crippen molar-refractivity contribution in [2.24, 2.45) is 45.3 Å². The Bertz CT molecular complexity index is 1940. The van der Waals surface area contributed by atoms with E-state index in [1.54, 1.807) is 0 Å². The van der Waals surface area contributed by atoms with Crippen LogP contribution in [-0.4, -0.2) is 232 Å². The van der Waals surface area contributed by atoms with Gasteiger partial charge in [0.2, 0.25) is 0 Å². The van der Waals surface area contributed by atoms with Gasteiger partial charge in [0.1, 0.15) is 91.6 Å². The Morgan fingerprint density at radius 3 is 1.84 bits per heavy atom. The van der Waals surface area contributed by atoms with Gasteiger partial charge in [-0.2, -0.15) is 0 Å². The molecule has 0 aromatic heterocycles. The molecule has 4 saturated heterocycles. The molecule has 29 atom stereocenters. The van der Waals surface area contributed by atoms with Crippen molar-refractivity contribution in [1.29, 1.82) is 0 Å². The van der Waals surface area contributed by atoms with E-state index in [1.165, 1.54) is 0 Å². The SMILES string of the molecule is CC(C)=CCCC(C)(OC1OC(COC2OCC(O)C(O)C2O)C(O)C(O)C1O)C1CCC2(C)C3CCC4C(C)(C)C(OC5OC(CO)C(O)C(O)C5OC5OC(CO)C(O)C(O)C5O)CCC4(C)C3CC(O)C12C. The van der Waals surface area contributed by atoms with Gasteiger partial charge in [-0.3, -0.25) is 0 Å². The van der Waals surface area contributed by atoms with Crippen LogP contribution in [0.4, 0.5) is 0 Å². The zero-order chi connectivity index (χ0) is 55.1. The first kappa shape index (κ1) is 60.0. The lowest BCUT2D eigenvalue weighted by molar-refractivity contribution is -0.378. The maximum atomic E-state index is 13.0. The lowest BCUT2D eigenvalue weighted by Crippen LogP contribution is -2.67. The fraction of sp³-hybridized carbons (Fsp3) is 0.962. The van der Waals surface area contributed by atoms with Gasteiger partial charge in [-0.1, -0.05) is 46.3 Å². The molecule has 8 fully saturated rings. The van der Waals surface area contributed by atoms with Crippen molar-refractivity contribution < 1.29 is 109 Å². The maximum absolute atomic E-state index is 13.0. The number of allylic oxidation sites excluding steroid dienone is 2. The number of aliphatic hydroxyl groups is 14. The minimum Gasteiger partial charge on any atom is -0.394 e. The molecule has 4 saturated carbocycles. The summed E-state index contributed by atoms with van der Waals surface area (Å²) in [7, 11) is 0. The van der Waals surface area contributed by atoms with Gasteiger partial charge in [0, 0.05) is 5.41 Å². The summed E-state index contributed by atoms with van der Waals surface area (Å²) in [4.78, 5) is 0. The molecule has 29 unspecified atom stereocenters. The minimum absolute atomic E-state index is 0.0610. The quantitative estimate of drug-likeness (QED) is 0.0651. The van der Waals surface area contributed by atoms with Crippen LogP contribution in [0.5, 0.6) is 0 Å². The number of hydrogen-bond acceptors (Lipinski definition) is 22. The highest BCUT2D eigenvalue weighted by Gasteiger charge is 2.72. The topological polar surface area (TPSA) is 357 Å². The third kappa shape index (κ3) is 10.5. The number of aliphatic hydroxyl groups excluding tert-OH is 14. The van der Waals surface area contributed by atoms with Gasteiger partial charge in [0.25, 0.3) is 0 Å². The van der Waals surface area contributed by atoms with Crippen LogP contribution in [0.3, 0.4) is 0 Å². The van der Waals surface area contributed by atoms with Crippen molar-refractivity contribution in [3.05, 3.63) is 11.6 Å². The van der Waals surface area contributed by atoms with Crippen LogP contribution in [0.1, 0.15) is 113 Å². The van der Waals surface area contributed by atoms with Gasteiger partial charge in [-0.15, -0.1) is 0 Å². The Morgan fingerprint density at radius 2 is 1.20 bits per heavy atom. The van der Waals surface area contributed by atoms with Crippen LogP contribution in [0, 0.1) is 45.3 Å². The van der Waals surface area contributed by atoms with Gasteiger partial charge in [0.05, 0.1) is 44.2 Å². The lowest BCUT2D eigenvalue weighted by Gasteiger charge is -2.69. The molecule has 8 aliphatic rings. The van der Waals surface area contributed by atoms with E-state index in [4.69, 9.17) is 37.9 Å². The molecule has 0 aromatic rings. The normalized spacial score (nSPS) is 52.7. The predicted molar refractivity (Wildman–Crippen MR) is 260 cm³/mol. The van der Waals surface area contributed by atoms with Crippen molar-refractivity contribution in [3.63, 3.8) is 0 Å². The molecule has 22 heteroatoms. The van der Waals surface area contributed by atoms with Gasteiger partial charge in [-0.05, 0) is 118 Å². The van der Waals surface area contributed by atoms with E-state index in [9.17, 15) is 71.5 Å². The van der Waals surface area contributed by atoms with E-state index < -0.39 is 171 Å². The molecule has 4 aliphatic carbocycles. The fourth-order valence-electron chi connectivity index (χ4n) is 16.0. The Morgan fingerprint density at radius 1 is 0.613 bits per heavy atom. The predicted octanol–water partition coefficient (Wildman–Crippen LogP) is -1.56. The van der Waals surface area contributed by atoms with Crippen molar-refractivity contribution in [2.45, 2.75) is 248 Å². The average Bonchev–Trinajstić information content (AvgIpc) is 3.67. The largest absolute Gasteiger partial charge is 0.394 e. The monoisotopic (exact) mass is 1080 g/mol. The van der Waals surface area contributed by atoms with E-state index in [1.807, 2.05) is 20.8 Å². The Balaban J connectivity index is 1.01. The molecule has 4 heterocycles. The van der Waals surface area contributed by atoms with E-state index in [2.05, 4.69) is 40.7 Å². The molecule has 434 valence electrons. The maximum Gasteiger partial charge on any atom is 0.187 e. The first-order valence-electron chi connectivity index (χ1n) is 27.3. The molecule has 4 aliphatic heterocycles. The molecule has 75 heavy (non-hydrogen) atoms. The van der Waals surface area contributed by atoms with Crippen molar-refractivity contribution in [3.8, 4) is 0 Å². The third-order valence-electron chi connectivity index (χ3n) is 20.6. The van der Waals surface area contributed by atoms with Crippen LogP contribution in [0.15, 0.2) is 11.6 Å². The summed E-state index contributed by atoms with van der Waals surface area (Å²) in [6.45, 7) is 14.9. The Hall–Kier alpha value is -1.14. The average molecular weight is 1080 g/mol. The summed E-state index contributed by atoms with van der Waals surface area (Å²) in [5.41, 5.74) is -1.91. The molecule has 0 aromatic carbocycles. The molecule has 0 bridgehead atoms. The van der Waals surface area contributed by atoms with E-state index in [0.717, 1.165) is 24.8 Å². The minimum atomic E-state index is -1.81. The second-order valence-electron chi connectivity index (χ2n) is 25.2. The highest BCUT2D eigenvalue weighted by Crippen LogP contribution is 2.75. The van der Waals surface area contributed by atoms with E-state index >= 15 is 0 Å². The van der Waals surface area contributed by atoms with Crippen LogP contribution < -0.4 is 0 Å². The smallest absolute Gasteiger partial charge is 0.187 e. The van der Waals surface area contributed by atoms with Gasteiger partial charge in [0.15, 0.2) is 25.2 Å². The highest BCUT2D eigenvalue weighted by molar-refractivity contribution is 5.21. The second kappa shape index (κ2) is 22.7. The summed E-state index contributed by atoms with van der Waals surface area (Å²) >= 11 is 0. The van der Waals surface area contributed by atoms with Crippen LogP contribution in [-0.2, 0) is 37.9 Å². The molecule has 8 rings (SSSR count). The number of rotatable bonds is 15. The van der Waals surface area contributed by atoms with E-state index in [-0.39, 0.29) is 35.7 Å². The molecule has 0 spiro atoms. The molecule has 0 radical (unpaired) electrons. The molecular weight excluding hydrogens is 989 g/mol. The van der Waals surface area contributed by atoms with Gasteiger partial charge in [-0.25, -0.2) is 0 Å². The van der Waals surface area contributed by atoms with E-state index in [0.29, 0.717) is 38.5 Å². The molecule has 22 nitrogen and oxygen atoms in total. The van der Waals surface area contributed by atoms with Crippen molar-refractivity contribution >= 4 is 0 Å². The Kier molecular flexibility index (Phi) is 18.1. The number of hydrogen-bond donors (Lipinski definition) is 14. The van der Waals surface area contributed by atoms with Gasteiger partial charge < -0.3 is 109 Å². The summed E-state index contributed by atoms with van der Waals surface area (Å²) in [6, 6.07) is 0. The zero-order valence-corrected chi connectivity index (χ0v) is 44.7. The zero-order valence-electron chi connectivity index (χ0n) is 44.7. The van der Waals surface area contributed by atoms with Crippen molar-refractivity contribution in [2.75, 3.05) is 26.4 Å². The standard InChI is InChI=1S/C53H90O22/c1-23(2)10-9-15-52(7,75-47-43(67)39(63)37(61)29(72-47)22-69-45-41(65)34(58)26(56)21-68-45)31-13-17-51(6)24-11-12-30-49(3,4)33(14-16-50(30,5)25(24)18-32(57)53(31,51)8)73-48-44(40(64)36(60)28(20-55)71-48)74-46-42(66)38(62)35(59)27(19-54)70-46/h10,24-48,54-67H,9,11-22H2,1-8H3. The molecular formula is C53H90O22. The number of ether oxygens (including phenoxy) is 8. The summed E-state index contributed by atoms with van der Waals surface area (Å²) in [5, 5.41) is 151.